The summed E-state index contributed by atoms with van der Waals surface area (Å²) in [5.41, 5.74) is 9.94. The lowest BCUT2D eigenvalue weighted by Gasteiger charge is -2.27. The van der Waals surface area contributed by atoms with Crippen molar-refractivity contribution in [3.63, 3.8) is 0 Å². The van der Waals surface area contributed by atoms with Gasteiger partial charge in [-0.05, 0) is 52.5 Å². The van der Waals surface area contributed by atoms with E-state index in [9.17, 15) is 8.42 Å². The molecule has 1 aliphatic carbocycles. The summed E-state index contributed by atoms with van der Waals surface area (Å²) in [7, 11) is -4.18. The Morgan fingerprint density at radius 3 is 2.27 bits per heavy atom. The molecule has 0 unspecified atom stereocenters. The van der Waals surface area contributed by atoms with Crippen molar-refractivity contribution in [1.29, 1.82) is 0 Å². The molecular weight excluding hydrogens is 646 g/mol. The molecule has 0 spiro atoms. The molecule has 0 amide bonds. The zero-order valence-corrected chi connectivity index (χ0v) is 26.4. The number of aryl methyl sites for hydroxylation is 1. The SMILES string of the molecule is Cc1ccc(S(=O)(=O)O[C@@H]2[C@@H](COCc3ccccc3)[C@H](OCc3ccccc3)C[C@H]2n2c(Br)nc3c(N)ncnc32)cc1. The molecule has 0 bridgehead atoms. The van der Waals surface area contributed by atoms with Crippen LogP contribution in [-0.4, -0.2) is 46.8 Å². The van der Waals surface area contributed by atoms with Gasteiger partial charge in [0.25, 0.3) is 10.1 Å². The fraction of sp³-hybridized carbons (Fsp3) is 0.281. The minimum absolute atomic E-state index is 0.0700. The number of aromatic nitrogens is 4. The number of benzene rings is 3. The number of hydrogen-bond acceptors (Lipinski definition) is 9. The number of hydrogen-bond donors (Lipinski definition) is 1. The van der Waals surface area contributed by atoms with Crippen molar-refractivity contribution in [2.45, 2.75) is 49.7 Å². The second-order valence-corrected chi connectivity index (χ2v) is 13.1. The predicted molar refractivity (Wildman–Crippen MR) is 169 cm³/mol. The quantitative estimate of drug-likeness (QED) is 0.140. The Bertz CT molecular complexity index is 1820. The molecule has 0 saturated heterocycles. The maximum absolute atomic E-state index is 13.8. The smallest absolute Gasteiger partial charge is 0.297 e. The first-order valence-corrected chi connectivity index (χ1v) is 16.4. The predicted octanol–water partition coefficient (Wildman–Crippen LogP) is 5.62. The first-order chi connectivity index (χ1) is 21.3. The standard InChI is InChI=1S/C32H32BrN5O5S/c1-21-12-14-24(15-13-21)44(39,40)43-29-25(19-41-17-22-8-4-2-5-9-22)27(42-18-23-10-6-3-7-11-23)16-26(29)38-31-28(37-32(38)33)30(34)35-20-36-31/h2-15,20,25-27,29H,16-19H2,1H3,(H2,34,35,36)/t25-,26+,27+,29+/m0/s1. The summed E-state index contributed by atoms with van der Waals surface area (Å²) in [5, 5.41) is 0. The summed E-state index contributed by atoms with van der Waals surface area (Å²) in [4.78, 5) is 13.2. The van der Waals surface area contributed by atoms with Crippen LogP contribution in [0.25, 0.3) is 11.2 Å². The zero-order valence-electron chi connectivity index (χ0n) is 24.0. The first-order valence-electron chi connectivity index (χ1n) is 14.2. The molecule has 0 radical (unpaired) electrons. The van der Waals surface area contributed by atoms with Gasteiger partial charge in [0, 0.05) is 5.92 Å². The Morgan fingerprint density at radius 1 is 0.932 bits per heavy atom. The van der Waals surface area contributed by atoms with Crippen molar-refractivity contribution < 1.29 is 22.1 Å². The van der Waals surface area contributed by atoms with Gasteiger partial charge in [0.1, 0.15) is 12.4 Å². The van der Waals surface area contributed by atoms with E-state index in [1.807, 2.05) is 72.2 Å². The number of imidazole rings is 1. The molecule has 10 nitrogen and oxygen atoms in total. The van der Waals surface area contributed by atoms with Crippen LogP contribution < -0.4 is 5.73 Å². The van der Waals surface area contributed by atoms with Gasteiger partial charge in [-0.25, -0.2) is 15.0 Å². The van der Waals surface area contributed by atoms with Gasteiger partial charge in [-0.2, -0.15) is 8.42 Å². The molecule has 5 aromatic rings. The molecule has 0 aliphatic heterocycles. The van der Waals surface area contributed by atoms with Crippen molar-refractivity contribution in [1.82, 2.24) is 19.5 Å². The highest BCUT2D eigenvalue weighted by atomic mass is 79.9. The van der Waals surface area contributed by atoms with Crippen LogP contribution in [0.4, 0.5) is 5.82 Å². The number of nitrogens with zero attached hydrogens (tertiary/aromatic N) is 4. The fourth-order valence-electron chi connectivity index (χ4n) is 5.59. The molecule has 2 aromatic heterocycles. The number of ether oxygens (including phenoxy) is 2. The highest BCUT2D eigenvalue weighted by Crippen LogP contribution is 2.44. The van der Waals surface area contributed by atoms with Crippen LogP contribution in [0, 0.1) is 12.8 Å². The van der Waals surface area contributed by atoms with E-state index in [0.29, 0.717) is 35.5 Å². The van der Waals surface area contributed by atoms with E-state index < -0.39 is 34.3 Å². The number of rotatable bonds is 11. The number of fused-ring (bicyclic) bond motifs is 1. The second kappa shape index (κ2) is 13.1. The molecule has 6 rings (SSSR count). The Kier molecular flexibility index (Phi) is 9.06. The summed E-state index contributed by atoms with van der Waals surface area (Å²) in [5.74, 6) is -0.243. The second-order valence-electron chi connectivity index (χ2n) is 10.8. The highest BCUT2D eigenvalue weighted by Gasteiger charge is 2.49. The molecule has 44 heavy (non-hydrogen) atoms. The molecule has 12 heteroatoms. The topological polar surface area (TPSA) is 131 Å². The maximum atomic E-state index is 13.8. The van der Waals surface area contributed by atoms with E-state index in [4.69, 9.17) is 19.4 Å². The Morgan fingerprint density at radius 2 is 1.59 bits per heavy atom. The van der Waals surface area contributed by atoms with Crippen LogP contribution in [0.1, 0.15) is 29.2 Å². The maximum Gasteiger partial charge on any atom is 0.297 e. The molecule has 4 atom stereocenters. The summed E-state index contributed by atoms with van der Waals surface area (Å²) in [6, 6.07) is 25.7. The summed E-state index contributed by atoms with van der Waals surface area (Å²) >= 11 is 3.56. The highest BCUT2D eigenvalue weighted by molar-refractivity contribution is 9.10. The van der Waals surface area contributed by atoms with Crippen molar-refractivity contribution in [3.05, 3.63) is 113 Å². The van der Waals surface area contributed by atoms with Crippen molar-refractivity contribution in [2.75, 3.05) is 12.3 Å². The normalized spacial score (nSPS) is 20.3. The number of halogens is 1. The number of nitrogen functional groups attached to an aromatic ring is 1. The van der Waals surface area contributed by atoms with Crippen LogP contribution in [0.5, 0.6) is 0 Å². The third kappa shape index (κ3) is 6.54. The van der Waals surface area contributed by atoms with E-state index in [1.165, 1.54) is 6.33 Å². The van der Waals surface area contributed by atoms with Gasteiger partial charge in [0.15, 0.2) is 21.7 Å². The van der Waals surface area contributed by atoms with Crippen molar-refractivity contribution in [3.8, 4) is 0 Å². The fourth-order valence-corrected chi connectivity index (χ4v) is 7.34. The van der Waals surface area contributed by atoms with Gasteiger partial charge in [0.2, 0.25) is 0 Å². The van der Waals surface area contributed by atoms with Gasteiger partial charge < -0.3 is 15.2 Å². The average molecular weight is 679 g/mol. The largest absolute Gasteiger partial charge is 0.382 e. The zero-order chi connectivity index (χ0) is 30.7. The molecule has 228 valence electrons. The molecule has 3 aromatic carbocycles. The number of nitrogens with two attached hydrogens (primary N) is 1. The summed E-state index contributed by atoms with van der Waals surface area (Å²) in [6.45, 7) is 2.78. The summed E-state index contributed by atoms with van der Waals surface area (Å²) in [6.07, 6.45) is 0.467. The monoisotopic (exact) mass is 677 g/mol. The van der Waals surface area contributed by atoms with Crippen LogP contribution >= 0.6 is 15.9 Å². The summed E-state index contributed by atoms with van der Waals surface area (Å²) < 4.78 is 48.7. The van der Waals surface area contributed by atoms with Crippen LogP contribution in [-0.2, 0) is 37.0 Å². The molecule has 2 heterocycles. The van der Waals surface area contributed by atoms with Crippen LogP contribution in [0.3, 0.4) is 0 Å². The lowest BCUT2D eigenvalue weighted by atomic mass is 10.0. The molecule has 1 saturated carbocycles. The lowest BCUT2D eigenvalue weighted by molar-refractivity contribution is -0.0411. The van der Waals surface area contributed by atoms with Crippen molar-refractivity contribution in [2.24, 2.45) is 5.92 Å². The van der Waals surface area contributed by atoms with Crippen LogP contribution in [0.2, 0.25) is 0 Å². The lowest BCUT2D eigenvalue weighted by Crippen LogP contribution is -2.35. The van der Waals surface area contributed by atoms with Crippen LogP contribution in [0.15, 0.2) is 101 Å². The average Bonchev–Trinajstić information content (AvgIpc) is 3.53. The van der Waals surface area contributed by atoms with Crippen molar-refractivity contribution >= 4 is 43.0 Å². The third-order valence-corrected chi connectivity index (χ3v) is 9.71. The number of anilines is 1. The van der Waals surface area contributed by atoms with E-state index >= 15 is 0 Å². The van der Waals surface area contributed by atoms with Gasteiger partial charge in [-0.15, -0.1) is 0 Å². The third-order valence-electron chi connectivity index (χ3n) is 7.82. The molecular formula is C32H32BrN5O5S. The van der Waals surface area contributed by atoms with Gasteiger partial charge in [0.05, 0.1) is 36.9 Å². The Labute approximate surface area is 264 Å². The Balaban J connectivity index is 1.39. The molecule has 2 N–H and O–H groups in total. The van der Waals surface area contributed by atoms with Gasteiger partial charge in [-0.1, -0.05) is 78.4 Å². The first kappa shape index (κ1) is 30.4. The van der Waals surface area contributed by atoms with E-state index in [0.717, 1.165) is 16.7 Å². The van der Waals surface area contributed by atoms with Gasteiger partial charge >= 0.3 is 0 Å². The van der Waals surface area contributed by atoms with E-state index in [-0.39, 0.29) is 17.3 Å². The minimum atomic E-state index is -4.18. The molecule has 1 aliphatic rings. The van der Waals surface area contributed by atoms with E-state index in [1.54, 1.807) is 24.3 Å². The van der Waals surface area contributed by atoms with E-state index in [2.05, 4.69) is 30.9 Å². The minimum Gasteiger partial charge on any atom is -0.382 e. The molecule has 1 fully saturated rings. The Hall–Kier alpha value is -3.68. The van der Waals surface area contributed by atoms with Gasteiger partial charge in [-0.3, -0.25) is 8.75 Å².